The maximum absolute atomic E-state index is 13.1. The third-order valence-electron chi connectivity index (χ3n) is 4.18. The van der Waals surface area contributed by atoms with Crippen molar-refractivity contribution in [1.82, 2.24) is 14.9 Å². The Bertz CT molecular complexity index is 703. The highest BCUT2D eigenvalue weighted by Crippen LogP contribution is 2.35. The van der Waals surface area contributed by atoms with E-state index in [-0.39, 0.29) is 17.4 Å². The van der Waals surface area contributed by atoms with Crippen molar-refractivity contribution < 1.29 is 4.79 Å². The van der Waals surface area contributed by atoms with Gasteiger partial charge in [-0.15, -0.1) is 11.3 Å². The van der Waals surface area contributed by atoms with Gasteiger partial charge in [-0.3, -0.25) is 9.78 Å². The van der Waals surface area contributed by atoms with Gasteiger partial charge in [-0.2, -0.15) is 0 Å². The molecule has 1 saturated heterocycles. The second-order valence-electron chi connectivity index (χ2n) is 7.09. The van der Waals surface area contributed by atoms with Gasteiger partial charge in [0.25, 0.3) is 5.91 Å². The van der Waals surface area contributed by atoms with E-state index in [1.165, 1.54) is 11.3 Å². The Kier molecular flexibility index (Phi) is 4.23. The molecular formula is C18H23N3OS. The molecule has 2 aromatic rings. The van der Waals surface area contributed by atoms with Crippen molar-refractivity contribution in [1.29, 1.82) is 0 Å². The summed E-state index contributed by atoms with van der Waals surface area (Å²) in [6.07, 6.45) is 3.80. The van der Waals surface area contributed by atoms with Gasteiger partial charge in [0.1, 0.15) is 4.88 Å². The molecule has 4 nitrogen and oxygen atoms in total. The first-order chi connectivity index (χ1) is 10.9. The molecule has 3 rings (SSSR count). The summed E-state index contributed by atoms with van der Waals surface area (Å²) in [4.78, 5) is 24.9. The zero-order valence-corrected chi connectivity index (χ0v) is 15.0. The first-order valence-corrected chi connectivity index (χ1v) is 8.89. The fourth-order valence-electron chi connectivity index (χ4n) is 2.94. The van der Waals surface area contributed by atoms with Gasteiger partial charge in [0, 0.05) is 18.2 Å². The highest BCUT2D eigenvalue weighted by Gasteiger charge is 2.34. The molecule has 1 aliphatic rings. The molecule has 0 unspecified atom stereocenters. The van der Waals surface area contributed by atoms with Crippen LogP contribution in [0, 0.1) is 6.92 Å². The molecule has 122 valence electrons. The van der Waals surface area contributed by atoms with Crippen LogP contribution in [0.25, 0.3) is 0 Å². The van der Waals surface area contributed by atoms with E-state index in [4.69, 9.17) is 0 Å². The fourth-order valence-corrected chi connectivity index (χ4v) is 4.02. The fraction of sp³-hybridized carbons (Fsp3) is 0.500. The van der Waals surface area contributed by atoms with Crippen LogP contribution in [0.15, 0.2) is 24.4 Å². The van der Waals surface area contributed by atoms with Crippen LogP contribution in [0.5, 0.6) is 0 Å². The number of aromatic nitrogens is 2. The van der Waals surface area contributed by atoms with E-state index in [1.807, 2.05) is 30.0 Å². The summed E-state index contributed by atoms with van der Waals surface area (Å²) in [5.41, 5.74) is 1.80. The normalized spacial score (nSPS) is 18.4. The second-order valence-corrected chi connectivity index (χ2v) is 8.09. The number of aryl methyl sites for hydroxylation is 1. The highest BCUT2D eigenvalue weighted by atomic mass is 32.1. The molecule has 1 amide bonds. The third-order valence-corrected chi connectivity index (χ3v) is 5.75. The number of hydrogen-bond donors (Lipinski definition) is 0. The Morgan fingerprint density at radius 3 is 2.74 bits per heavy atom. The Labute approximate surface area is 141 Å². The van der Waals surface area contributed by atoms with E-state index in [0.717, 1.165) is 40.7 Å². The standard InChI is InChI=1S/C18H23N3OS/c1-12-15(23-17(20-12)18(2,3)4)16(22)21-11-7-9-14(21)13-8-5-6-10-19-13/h5-6,8,10,14H,7,9,11H2,1-4H3/t14-/m1/s1. The van der Waals surface area contributed by atoms with E-state index < -0.39 is 0 Å². The topological polar surface area (TPSA) is 46.1 Å². The van der Waals surface area contributed by atoms with Gasteiger partial charge in [0.2, 0.25) is 0 Å². The summed E-state index contributed by atoms with van der Waals surface area (Å²) in [5.74, 6) is 0.101. The number of thiazole rings is 1. The monoisotopic (exact) mass is 329 g/mol. The molecular weight excluding hydrogens is 306 g/mol. The van der Waals surface area contributed by atoms with Gasteiger partial charge in [-0.05, 0) is 31.9 Å². The molecule has 5 heteroatoms. The van der Waals surface area contributed by atoms with Crippen molar-refractivity contribution in [3.8, 4) is 0 Å². The smallest absolute Gasteiger partial charge is 0.266 e. The van der Waals surface area contributed by atoms with Crippen molar-refractivity contribution in [3.05, 3.63) is 45.7 Å². The van der Waals surface area contributed by atoms with Crippen LogP contribution in [0.2, 0.25) is 0 Å². The molecule has 1 atom stereocenters. The number of hydrogen-bond acceptors (Lipinski definition) is 4. The molecule has 0 aliphatic carbocycles. The second kappa shape index (κ2) is 6.04. The summed E-state index contributed by atoms with van der Waals surface area (Å²) in [5, 5.41) is 1.02. The number of nitrogens with zero attached hydrogens (tertiary/aromatic N) is 3. The Hall–Kier alpha value is -1.75. The number of likely N-dealkylation sites (tertiary alicyclic amines) is 1. The average molecular weight is 329 g/mol. The van der Waals surface area contributed by atoms with Crippen LogP contribution < -0.4 is 0 Å². The molecule has 3 heterocycles. The average Bonchev–Trinajstić information content (AvgIpc) is 3.13. The van der Waals surface area contributed by atoms with E-state index in [2.05, 4.69) is 30.7 Å². The minimum Gasteiger partial charge on any atom is -0.329 e. The maximum atomic E-state index is 13.1. The third kappa shape index (κ3) is 3.15. The first-order valence-electron chi connectivity index (χ1n) is 8.08. The molecule has 0 saturated carbocycles. The van der Waals surface area contributed by atoms with Gasteiger partial charge < -0.3 is 4.90 Å². The van der Waals surface area contributed by atoms with Gasteiger partial charge >= 0.3 is 0 Å². The van der Waals surface area contributed by atoms with Crippen LogP contribution in [-0.4, -0.2) is 27.3 Å². The van der Waals surface area contributed by atoms with Crippen LogP contribution in [0.1, 0.15) is 65.7 Å². The van der Waals surface area contributed by atoms with Gasteiger partial charge in [-0.1, -0.05) is 26.8 Å². The van der Waals surface area contributed by atoms with Crippen molar-refractivity contribution in [3.63, 3.8) is 0 Å². The predicted octanol–water partition coefficient (Wildman–Crippen LogP) is 4.12. The van der Waals surface area contributed by atoms with Crippen molar-refractivity contribution in [2.45, 2.75) is 52.0 Å². The lowest BCUT2D eigenvalue weighted by Gasteiger charge is -2.24. The van der Waals surface area contributed by atoms with Gasteiger partial charge in [-0.25, -0.2) is 4.98 Å². The van der Waals surface area contributed by atoms with Crippen LogP contribution in [-0.2, 0) is 5.41 Å². The summed E-state index contributed by atoms with van der Waals surface area (Å²) in [6.45, 7) is 9.12. The molecule has 0 aromatic carbocycles. The SMILES string of the molecule is Cc1nc(C(C)(C)C)sc1C(=O)N1CCC[C@@H]1c1ccccn1. The summed E-state index contributed by atoms with van der Waals surface area (Å²) in [6, 6.07) is 5.99. The number of rotatable bonds is 2. The predicted molar refractivity (Wildman–Crippen MR) is 92.8 cm³/mol. The van der Waals surface area contributed by atoms with Crippen LogP contribution >= 0.6 is 11.3 Å². The van der Waals surface area contributed by atoms with Crippen molar-refractivity contribution in [2.24, 2.45) is 0 Å². The lowest BCUT2D eigenvalue weighted by Crippen LogP contribution is -2.30. The van der Waals surface area contributed by atoms with E-state index in [9.17, 15) is 4.79 Å². The number of amides is 1. The summed E-state index contributed by atoms with van der Waals surface area (Å²) >= 11 is 1.54. The van der Waals surface area contributed by atoms with Crippen molar-refractivity contribution >= 4 is 17.2 Å². The minimum atomic E-state index is -0.0284. The summed E-state index contributed by atoms with van der Waals surface area (Å²) < 4.78 is 0. The first kappa shape index (κ1) is 16.1. The van der Waals surface area contributed by atoms with E-state index in [1.54, 1.807) is 6.20 Å². The zero-order valence-electron chi connectivity index (χ0n) is 14.2. The minimum absolute atomic E-state index is 0.0284. The van der Waals surface area contributed by atoms with Crippen LogP contribution in [0.4, 0.5) is 0 Å². The van der Waals surface area contributed by atoms with Gasteiger partial charge in [0.05, 0.1) is 22.4 Å². The molecule has 2 aromatic heterocycles. The Balaban J connectivity index is 1.89. The molecule has 0 N–H and O–H groups in total. The van der Waals surface area contributed by atoms with E-state index >= 15 is 0 Å². The lowest BCUT2D eigenvalue weighted by atomic mass is 9.98. The molecule has 0 spiro atoms. The molecule has 0 radical (unpaired) electrons. The lowest BCUT2D eigenvalue weighted by molar-refractivity contribution is 0.0737. The molecule has 1 aliphatic heterocycles. The molecule has 23 heavy (non-hydrogen) atoms. The number of pyridine rings is 1. The van der Waals surface area contributed by atoms with Crippen molar-refractivity contribution in [2.75, 3.05) is 6.54 Å². The number of carbonyl (C=O) groups is 1. The quantitative estimate of drug-likeness (QED) is 0.832. The summed E-state index contributed by atoms with van der Waals surface area (Å²) in [7, 11) is 0. The Morgan fingerprint density at radius 1 is 1.35 bits per heavy atom. The zero-order chi connectivity index (χ0) is 16.6. The molecule has 0 bridgehead atoms. The van der Waals surface area contributed by atoms with E-state index in [0.29, 0.717) is 0 Å². The van der Waals surface area contributed by atoms with Crippen LogP contribution in [0.3, 0.4) is 0 Å². The Morgan fingerprint density at radius 2 is 2.13 bits per heavy atom. The number of carbonyl (C=O) groups excluding carboxylic acids is 1. The largest absolute Gasteiger partial charge is 0.329 e. The molecule has 1 fully saturated rings. The van der Waals surface area contributed by atoms with Gasteiger partial charge in [0.15, 0.2) is 0 Å². The maximum Gasteiger partial charge on any atom is 0.266 e. The highest BCUT2D eigenvalue weighted by molar-refractivity contribution is 7.14.